The maximum Gasteiger partial charge on any atom is 0.173 e. The first-order chi connectivity index (χ1) is 8.20. The Morgan fingerprint density at radius 3 is 2.76 bits per heavy atom. The quantitative estimate of drug-likeness (QED) is 0.806. The van der Waals surface area contributed by atoms with Crippen molar-refractivity contribution in [1.29, 1.82) is 0 Å². The van der Waals surface area contributed by atoms with Crippen molar-refractivity contribution >= 4 is 5.78 Å². The number of methoxy groups -OCH3 is 1. The van der Waals surface area contributed by atoms with Gasteiger partial charge in [-0.3, -0.25) is 4.79 Å². The fraction of sp³-hybridized carbons (Fsp3) is 0.500. The molecule has 92 valence electrons. The second kappa shape index (κ2) is 5.21. The predicted molar refractivity (Wildman–Crippen MR) is 65.6 cm³/mol. The van der Waals surface area contributed by atoms with Gasteiger partial charge >= 0.3 is 0 Å². The highest BCUT2D eigenvalue weighted by Crippen LogP contribution is 2.30. The number of rotatable bonds is 3. The van der Waals surface area contributed by atoms with Crippen LogP contribution in [0.25, 0.3) is 0 Å². The number of aryl methyl sites for hydroxylation is 1. The first-order valence-electron chi connectivity index (χ1n) is 6.04. The minimum Gasteiger partial charge on any atom is -0.493 e. The molecule has 1 atom stereocenters. The molecule has 0 aliphatic heterocycles. The fourth-order valence-electron chi connectivity index (χ4n) is 2.10. The van der Waals surface area contributed by atoms with Gasteiger partial charge in [0.05, 0.1) is 7.11 Å². The van der Waals surface area contributed by atoms with Crippen LogP contribution < -0.4 is 9.47 Å². The lowest BCUT2D eigenvalue weighted by Gasteiger charge is -2.22. The molecule has 1 unspecified atom stereocenters. The molecule has 1 aliphatic rings. The van der Waals surface area contributed by atoms with Gasteiger partial charge in [-0.05, 0) is 43.9 Å². The molecule has 0 saturated heterocycles. The van der Waals surface area contributed by atoms with E-state index < -0.39 is 0 Å². The number of ether oxygens (including phenoxy) is 2. The third-order valence-corrected chi connectivity index (χ3v) is 3.09. The van der Waals surface area contributed by atoms with E-state index in [0.29, 0.717) is 17.9 Å². The van der Waals surface area contributed by atoms with Crippen LogP contribution in [-0.2, 0) is 4.79 Å². The summed E-state index contributed by atoms with van der Waals surface area (Å²) in [4.78, 5) is 11.7. The Hall–Kier alpha value is -1.51. The Morgan fingerprint density at radius 1 is 1.24 bits per heavy atom. The molecule has 1 aromatic carbocycles. The van der Waals surface area contributed by atoms with Gasteiger partial charge in [0, 0.05) is 6.42 Å². The third-order valence-electron chi connectivity index (χ3n) is 3.09. The van der Waals surface area contributed by atoms with Gasteiger partial charge in [-0.15, -0.1) is 0 Å². The van der Waals surface area contributed by atoms with Gasteiger partial charge in [0.2, 0.25) is 0 Å². The highest BCUT2D eigenvalue weighted by Gasteiger charge is 2.24. The van der Waals surface area contributed by atoms with Gasteiger partial charge in [-0.25, -0.2) is 0 Å². The van der Waals surface area contributed by atoms with Crippen LogP contribution in [0.2, 0.25) is 0 Å². The summed E-state index contributed by atoms with van der Waals surface area (Å²) in [5.74, 6) is 1.57. The largest absolute Gasteiger partial charge is 0.493 e. The van der Waals surface area contributed by atoms with E-state index in [0.717, 1.165) is 24.8 Å². The molecule has 3 nitrogen and oxygen atoms in total. The normalized spacial score (nSPS) is 20.1. The molecule has 0 amide bonds. The minimum absolute atomic E-state index is 0.207. The Labute approximate surface area is 102 Å². The van der Waals surface area contributed by atoms with E-state index in [1.54, 1.807) is 7.11 Å². The second-order valence-electron chi connectivity index (χ2n) is 4.47. The molecular weight excluding hydrogens is 216 g/mol. The van der Waals surface area contributed by atoms with Crippen molar-refractivity contribution in [3.05, 3.63) is 23.8 Å². The molecule has 1 aromatic rings. The van der Waals surface area contributed by atoms with Crippen LogP contribution in [0.4, 0.5) is 0 Å². The zero-order chi connectivity index (χ0) is 12.3. The van der Waals surface area contributed by atoms with E-state index in [9.17, 15) is 4.79 Å². The van der Waals surface area contributed by atoms with Crippen LogP contribution in [0.3, 0.4) is 0 Å². The predicted octanol–water partition coefficient (Wildman–Crippen LogP) is 2.89. The van der Waals surface area contributed by atoms with Crippen LogP contribution in [-0.4, -0.2) is 19.0 Å². The van der Waals surface area contributed by atoms with E-state index >= 15 is 0 Å². The number of ketones is 1. The van der Waals surface area contributed by atoms with Crippen LogP contribution >= 0.6 is 0 Å². The monoisotopic (exact) mass is 234 g/mol. The molecule has 0 heterocycles. The maximum atomic E-state index is 11.7. The van der Waals surface area contributed by atoms with Crippen LogP contribution in [0.15, 0.2) is 18.2 Å². The minimum atomic E-state index is -0.291. The molecule has 0 aromatic heterocycles. The van der Waals surface area contributed by atoms with Gasteiger partial charge in [0.15, 0.2) is 23.4 Å². The van der Waals surface area contributed by atoms with Crippen molar-refractivity contribution in [1.82, 2.24) is 0 Å². The van der Waals surface area contributed by atoms with Crippen molar-refractivity contribution < 1.29 is 14.3 Å². The highest BCUT2D eigenvalue weighted by molar-refractivity contribution is 5.84. The van der Waals surface area contributed by atoms with Crippen molar-refractivity contribution in [3.63, 3.8) is 0 Å². The van der Waals surface area contributed by atoms with Gasteiger partial charge in [-0.1, -0.05) is 6.07 Å². The van der Waals surface area contributed by atoms with Crippen molar-refractivity contribution in [2.45, 2.75) is 38.7 Å². The first-order valence-corrected chi connectivity index (χ1v) is 6.04. The summed E-state index contributed by atoms with van der Waals surface area (Å²) in [7, 11) is 1.62. The first kappa shape index (κ1) is 12.0. The lowest BCUT2D eigenvalue weighted by atomic mass is 9.96. The number of hydrogen-bond acceptors (Lipinski definition) is 3. The molecule has 0 spiro atoms. The van der Waals surface area contributed by atoms with Crippen molar-refractivity contribution in [2.75, 3.05) is 7.11 Å². The Morgan fingerprint density at radius 2 is 2.06 bits per heavy atom. The average Bonchev–Trinajstić information content (AvgIpc) is 2.34. The molecule has 2 rings (SSSR count). The van der Waals surface area contributed by atoms with Crippen LogP contribution in [0, 0.1) is 6.92 Å². The summed E-state index contributed by atoms with van der Waals surface area (Å²) >= 11 is 0. The van der Waals surface area contributed by atoms with E-state index in [2.05, 4.69) is 0 Å². The van der Waals surface area contributed by atoms with Gasteiger partial charge < -0.3 is 9.47 Å². The smallest absolute Gasteiger partial charge is 0.173 e. The number of hydrogen-bond donors (Lipinski definition) is 0. The summed E-state index contributed by atoms with van der Waals surface area (Å²) in [5.41, 5.74) is 1.11. The Bertz CT molecular complexity index is 412. The molecule has 0 radical (unpaired) electrons. The summed E-state index contributed by atoms with van der Waals surface area (Å²) in [6.07, 6.45) is 3.21. The summed E-state index contributed by atoms with van der Waals surface area (Å²) in [5, 5.41) is 0. The lowest BCUT2D eigenvalue weighted by molar-refractivity contribution is -0.127. The van der Waals surface area contributed by atoms with Crippen molar-refractivity contribution in [2.24, 2.45) is 0 Å². The SMILES string of the molecule is COc1cc(C)ccc1OC1CCCCC1=O. The standard InChI is InChI=1S/C14H18O3/c1-10-7-8-13(14(9-10)16-2)17-12-6-4-3-5-11(12)15/h7-9,12H,3-6H2,1-2H3. The second-order valence-corrected chi connectivity index (χ2v) is 4.47. The van der Waals surface area contributed by atoms with Gasteiger partial charge in [0.1, 0.15) is 0 Å². The molecule has 1 saturated carbocycles. The van der Waals surface area contributed by atoms with E-state index in [-0.39, 0.29) is 11.9 Å². The summed E-state index contributed by atoms with van der Waals surface area (Å²) in [6.45, 7) is 2.00. The zero-order valence-electron chi connectivity index (χ0n) is 10.4. The average molecular weight is 234 g/mol. The number of carbonyl (C=O) groups is 1. The van der Waals surface area contributed by atoms with Crippen LogP contribution in [0.5, 0.6) is 11.5 Å². The third kappa shape index (κ3) is 2.78. The molecule has 1 aliphatic carbocycles. The van der Waals surface area contributed by atoms with Crippen LogP contribution in [0.1, 0.15) is 31.2 Å². The maximum absolute atomic E-state index is 11.7. The molecular formula is C14H18O3. The van der Waals surface area contributed by atoms with E-state index in [4.69, 9.17) is 9.47 Å². The summed E-state index contributed by atoms with van der Waals surface area (Å²) in [6, 6.07) is 5.75. The Kier molecular flexibility index (Phi) is 3.67. The van der Waals surface area contributed by atoms with E-state index in [1.165, 1.54) is 0 Å². The molecule has 17 heavy (non-hydrogen) atoms. The molecule has 3 heteroatoms. The fourth-order valence-corrected chi connectivity index (χ4v) is 2.10. The molecule has 0 N–H and O–H groups in total. The zero-order valence-corrected chi connectivity index (χ0v) is 10.4. The molecule has 1 fully saturated rings. The Balaban J connectivity index is 2.14. The molecule has 0 bridgehead atoms. The number of benzene rings is 1. The van der Waals surface area contributed by atoms with E-state index in [1.807, 2.05) is 25.1 Å². The van der Waals surface area contributed by atoms with Gasteiger partial charge in [-0.2, -0.15) is 0 Å². The summed E-state index contributed by atoms with van der Waals surface area (Å²) < 4.78 is 11.0. The highest BCUT2D eigenvalue weighted by atomic mass is 16.5. The van der Waals surface area contributed by atoms with Crippen molar-refractivity contribution in [3.8, 4) is 11.5 Å². The van der Waals surface area contributed by atoms with Gasteiger partial charge in [0.25, 0.3) is 0 Å². The number of Topliss-reactive ketones (excluding diaryl/α,β-unsaturated/α-hetero) is 1. The lowest BCUT2D eigenvalue weighted by Crippen LogP contribution is -2.30. The topological polar surface area (TPSA) is 35.5 Å². The number of carbonyl (C=O) groups excluding carboxylic acids is 1.